The number of amides is 2. The summed E-state index contributed by atoms with van der Waals surface area (Å²) in [4.78, 5) is 28.2. The number of carbonyl (C=O) groups excluding carboxylic acids is 2. The largest absolute Gasteiger partial charge is 0.338 e. The molecule has 8 nitrogen and oxygen atoms in total. The van der Waals surface area contributed by atoms with Gasteiger partial charge in [-0.25, -0.2) is 8.42 Å². The third-order valence-electron chi connectivity index (χ3n) is 5.77. The van der Waals surface area contributed by atoms with Crippen LogP contribution in [-0.4, -0.2) is 67.8 Å². The maximum Gasteiger partial charge on any atom is 0.241 e. The zero-order chi connectivity index (χ0) is 22.1. The molecule has 1 aromatic carbocycles. The van der Waals surface area contributed by atoms with Crippen LogP contribution in [0.4, 0.5) is 5.69 Å². The summed E-state index contributed by atoms with van der Waals surface area (Å²) in [6.07, 6.45) is 2.26. The van der Waals surface area contributed by atoms with Gasteiger partial charge in [0.15, 0.2) is 0 Å². The minimum Gasteiger partial charge on any atom is -0.338 e. The Kier molecular flexibility index (Phi) is 7.06. The average molecular weight is 457 g/mol. The van der Waals surface area contributed by atoms with Crippen LogP contribution in [0.15, 0.2) is 23.1 Å². The van der Waals surface area contributed by atoms with Crippen LogP contribution in [0.3, 0.4) is 0 Å². The molecule has 2 amide bonds. The Morgan fingerprint density at radius 3 is 2.40 bits per heavy atom. The quantitative estimate of drug-likeness (QED) is 0.682. The summed E-state index contributed by atoms with van der Waals surface area (Å²) in [6.45, 7) is 8.12. The molecule has 1 aromatic rings. The van der Waals surface area contributed by atoms with Crippen LogP contribution >= 0.6 is 11.6 Å². The van der Waals surface area contributed by atoms with Gasteiger partial charge in [-0.15, -0.1) is 0 Å². The molecule has 2 aliphatic rings. The highest BCUT2D eigenvalue weighted by Crippen LogP contribution is 2.27. The van der Waals surface area contributed by atoms with Crippen molar-refractivity contribution < 1.29 is 18.0 Å². The second kappa shape index (κ2) is 9.21. The average Bonchev–Trinajstić information content (AvgIpc) is 3.03. The Labute approximate surface area is 183 Å². The number of carbonyl (C=O) groups is 2. The molecule has 2 aliphatic heterocycles. The van der Waals surface area contributed by atoms with Gasteiger partial charge in [-0.05, 0) is 51.3 Å². The van der Waals surface area contributed by atoms with Crippen molar-refractivity contribution in [3.63, 3.8) is 0 Å². The molecule has 2 N–H and O–H groups in total. The molecular formula is C20H29ClN4O4S. The number of nitrogens with one attached hydrogen (secondary N) is 2. The van der Waals surface area contributed by atoms with Crippen LogP contribution in [0.5, 0.6) is 0 Å². The first-order chi connectivity index (χ1) is 14.1. The molecule has 0 unspecified atom stereocenters. The van der Waals surface area contributed by atoms with Crippen molar-refractivity contribution in [2.75, 3.05) is 25.0 Å². The highest BCUT2D eigenvalue weighted by Gasteiger charge is 2.39. The number of halogens is 1. The van der Waals surface area contributed by atoms with Crippen LogP contribution in [0.2, 0.25) is 5.02 Å². The Morgan fingerprint density at radius 2 is 1.83 bits per heavy atom. The summed E-state index contributed by atoms with van der Waals surface area (Å²) < 4.78 is 28.1. The number of sulfonamides is 1. The van der Waals surface area contributed by atoms with Crippen LogP contribution in [-0.2, 0) is 19.6 Å². The lowest BCUT2D eigenvalue weighted by Crippen LogP contribution is -2.49. The number of likely N-dealkylation sites (tertiary alicyclic amines) is 2. The number of hydrogen-bond acceptors (Lipinski definition) is 5. The SMILES string of the molecule is CC(=O)Nc1ccc(S(=O)(=O)N[C@H]2CCN(C3CCN(C(C)C)CC3)C2=O)cc1Cl. The van der Waals surface area contributed by atoms with Gasteiger partial charge in [0, 0.05) is 38.6 Å². The molecular weight excluding hydrogens is 428 g/mol. The summed E-state index contributed by atoms with van der Waals surface area (Å²) in [5, 5.41) is 2.65. The van der Waals surface area contributed by atoms with E-state index in [9.17, 15) is 18.0 Å². The monoisotopic (exact) mass is 456 g/mol. The molecule has 2 saturated heterocycles. The molecule has 0 aromatic heterocycles. The van der Waals surface area contributed by atoms with E-state index in [1.54, 1.807) is 0 Å². The van der Waals surface area contributed by atoms with Crippen LogP contribution < -0.4 is 10.0 Å². The lowest BCUT2D eigenvalue weighted by Gasteiger charge is -2.38. The second-order valence-corrected chi connectivity index (χ2v) is 10.3. The van der Waals surface area contributed by atoms with Crippen molar-refractivity contribution >= 4 is 39.1 Å². The molecule has 30 heavy (non-hydrogen) atoms. The first-order valence-corrected chi connectivity index (χ1v) is 12.1. The van der Waals surface area contributed by atoms with E-state index >= 15 is 0 Å². The van der Waals surface area contributed by atoms with Gasteiger partial charge in [0.25, 0.3) is 0 Å². The van der Waals surface area contributed by atoms with Crippen LogP contribution in [0.25, 0.3) is 0 Å². The maximum absolute atomic E-state index is 12.9. The molecule has 2 heterocycles. The first-order valence-electron chi connectivity index (χ1n) is 10.2. The molecule has 3 rings (SSSR count). The van der Waals surface area contributed by atoms with E-state index in [0.29, 0.717) is 24.7 Å². The number of rotatable bonds is 6. The molecule has 1 atom stereocenters. The van der Waals surface area contributed by atoms with E-state index in [1.165, 1.54) is 25.1 Å². The Morgan fingerprint density at radius 1 is 1.17 bits per heavy atom. The lowest BCUT2D eigenvalue weighted by atomic mass is 10.0. The standard InChI is InChI=1S/C20H29ClN4O4S/c1-13(2)24-9-6-15(7-10-24)25-11-8-19(20(25)27)23-30(28,29)16-4-5-18(17(21)12-16)22-14(3)26/h4-5,12-13,15,19,23H,6-11H2,1-3H3,(H,22,26)/t19-/m0/s1. The number of nitrogens with zero attached hydrogens (tertiary/aromatic N) is 2. The van der Waals surface area contributed by atoms with Gasteiger partial charge in [0.1, 0.15) is 6.04 Å². The fourth-order valence-electron chi connectivity index (χ4n) is 4.10. The van der Waals surface area contributed by atoms with Gasteiger partial charge < -0.3 is 15.1 Å². The molecule has 2 fully saturated rings. The fourth-order valence-corrected chi connectivity index (χ4v) is 5.64. The predicted molar refractivity (Wildman–Crippen MR) is 116 cm³/mol. The van der Waals surface area contributed by atoms with Crippen molar-refractivity contribution in [1.29, 1.82) is 0 Å². The van der Waals surface area contributed by atoms with Gasteiger partial charge in [-0.2, -0.15) is 4.72 Å². The minimum atomic E-state index is -3.92. The number of benzene rings is 1. The Balaban J connectivity index is 1.64. The smallest absolute Gasteiger partial charge is 0.241 e. The third kappa shape index (κ3) is 5.14. The molecule has 0 radical (unpaired) electrons. The Hall–Kier alpha value is -1.68. The molecule has 10 heteroatoms. The van der Waals surface area contributed by atoms with Gasteiger partial charge in [-0.1, -0.05) is 11.6 Å². The molecule has 166 valence electrons. The van der Waals surface area contributed by atoms with E-state index in [4.69, 9.17) is 11.6 Å². The van der Waals surface area contributed by atoms with E-state index in [2.05, 4.69) is 28.8 Å². The predicted octanol–water partition coefficient (Wildman–Crippen LogP) is 2.05. The number of piperidine rings is 1. The first kappa shape index (κ1) is 23.0. The summed E-state index contributed by atoms with van der Waals surface area (Å²) in [5.74, 6) is -0.468. The fraction of sp³-hybridized carbons (Fsp3) is 0.600. The summed E-state index contributed by atoms with van der Waals surface area (Å²) in [7, 11) is -3.92. The van der Waals surface area contributed by atoms with Crippen molar-refractivity contribution in [3.8, 4) is 0 Å². The third-order valence-corrected chi connectivity index (χ3v) is 7.55. The van der Waals surface area contributed by atoms with Crippen molar-refractivity contribution in [2.45, 2.75) is 63.1 Å². The van der Waals surface area contributed by atoms with Gasteiger partial charge >= 0.3 is 0 Å². The van der Waals surface area contributed by atoms with E-state index in [1.807, 2.05) is 4.90 Å². The van der Waals surface area contributed by atoms with E-state index in [-0.39, 0.29) is 27.8 Å². The molecule has 0 saturated carbocycles. The van der Waals surface area contributed by atoms with Gasteiger partial charge in [-0.3, -0.25) is 9.59 Å². The highest BCUT2D eigenvalue weighted by atomic mass is 35.5. The van der Waals surface area contributed by atoms with Crippen molar-refractivity contribution in [1.82, 2.24) is 14.5 Å². The topological polar surface area (TPSA) is 98.8 Å². The lowest BCUT2D eigenvalue weighted by molar-refractivity contribution is -0.132. The number of hydrogen-bond donors (Lipinski definition) is 2. The van der Waals surface area contributed by atoms with Crippen molar-refractivity contribution in [3.05, 3.63) is 23.2 Å². The highest BCUT2D eigenvalue weighted by molar-refractivity contribution is 7.89. The molecule has 0 bridgehead atoms. The molecule has 0 spiro atoms. The van der Waals surface area contributed by atoms with Crippen LogP contribution in [0, 0.1) is 0 Å². The zero-order valence-electron chi connectivity index (χ0n) is 17.5. The van der Waals surface area contributed by atoms with Crippen LogP contribution in [0.1, 0.15) is 40.0 Å². The summed E-state index contributed by atoms with van der Waals surface area (Å²) >= 11 is 6.10. The molecule has 0 aliphatic carbocycles. The Bertz CT molecular complexity index is 913. The minimum absolute atomic E-state index is 0.0434. The number of anilines is 1. The second-order valence-electron chi connectivity index (χ2n) is 8.18. The normalized spacial score (nSPS) is 21.4. The van der Waals surface area contributed by atoms with Gasteiger partial charge in [0.05, 0.1) is 15.6 Å². The summed E-state index contributed by atoms with van der Waals surface area (Å²) in [6, 6.07) is 3.94. The van der Waals surface area contributed by atoms with E-state index < -0.39 is 16.1 Å². The van der Waals surface area contributed by atoms with Gasteiger partial charge in [0.2, 0.25) is 21.8 Å². The zero-order valence-corrected chi connectivity index (χ0v) is 19.1. The van der Waals surface area contributed by atoms with E-state index in [0.717, 1.165) is 25.9 Å². The van der Waals surface area contributed by atoms with Crippen molar-refractivity contribution in [2.24, 2.45) is 0 Å². The maximum atomic E-state index is 12.9. The summed E-state index contributed by atoms with van der Waals surface area (Å²) in [5.41, 5.74) is 0.332.